The fourth-order valence-electron chi connectivity index (χ4n) is 2.30. The second-order valence-electron chi connectivity index (χ2n) is 5.27. The highest BCUT2D eigenvalue weighted by molar-refractivity contribution is 7.90. The molecule has 0 radical (unpaired) electrons. The molecule has 18 heavy (non-hydrogen) atoms. The SMILES string of the molecule is CC(CS(C)(=O)=O)N(C(=O)C1CNC1)C1CC1.Cl. The van der Waals surface area contributed by atoms with Gasteiger partial charge in [0.1, 0.15) is 9.84 Å². The summed E-state index contributed by atoms with van der Waals surface area (Å²) in [6, 6.07) is 0.0745. The third-order valence-electron chi connectivity index (χ3n) is 3.34. The predicted octanol–water partition coefficient (Wildman–Crippen LogP) is 0.0517. The van der Waals surface area contributed by atoms with Crippen LogP contribution in [0.1, 0.15) is 19.8 Å². The molecular weight excluding hydrogens is 276 g/mol. The zero-order valence-electron chi connectivity index (χ0n) is 10.8. The average molecular weight is 297 g/mol. The molecule has 1 amide bonds. The van der Waals surface area contributed by atoms with Crippen LogP contribution in [0.3, 0.4) is 0 Å². The molecule has 1 saturated carbocycles. The molecule has 0 bridgehead atoms. The minimum absolute atomic E-state index is 0. The maximum Gasteiger partial charge on any atom is 0.228 e. The van der Waals surface area contributed by atoms with Crippen molar-refractivity contribution in [2.45, 2.75) is 31.8 Å². The summed E-state index contributed by atoms with van der Waals surface area (Å²) >= 11 is 0. The molecule has 1 unspecified atom stereocenters. The fourth-order valence-corrected chi connectivity index (χ4v) is 3.34. The monoisotopic (exact) mass is 296 g/mol. The summed E-state index contributed by atoms with van der Waals surface area (Å²) in [5.74, 6) is 0.245. The number of nitrogens with zero attached hydrogens (tertiary/aromatic N) is 1. The van der Waals surface area contributed by atoms with Crippen LogP contribution >= 0.6 is 12.4 Å². The summed E-state index contributed by atoms with van der Waals surface area (Å²) in [5.41, 5.74) is 0. The molecule has 0 aromatic heterocycles. The van der Waals surface area contributed by atoms with Crippen LogP contribution in [0.2, 0.25) is 0 Å². The van der Waals surface area contributed by atoms with E-state index in [4.69, 9.17) is 0 Å². The third kappa shape index (κ3) is 3.83. The first-order valence-corrected chi connectivity index (χ1v) is 8.15. The number of rotatable bonds is 5. The van der Waals surface area contributed by atoms with E-state index in [9.17, 15) is 13.2 Å². The third-order valence-corrected chi connectivity index (χ3v) is 4.43. The second kappa shape index (κ2) is 5.75. The second-order valence-corrected chi connectivity index (χ2v) is 7.46. The smallest absolute Gasteiger partial charge is 0.228 e. The molecule has 1 atom stereocenters. The van der Waals surface area contributed by atoms with Gasteiger partial charge in [0.05, 0.1) is 11.7 Å². The van der Waals surface area contributed by atoms with Crippen molar-refractivity contribution >= 4 is 28.2 Å². The molecule has 1 aliphatic heterocycles. The molecular formula is C11H21ClN2O3S. The van der Waals surface area contributed by atoms with E-state index in [1.165, 1.54) is 6.26 Å². The zero-order chi connectivity index (χ0) is 12.6. The number of hydrogen-bond donors (Lipinski definition) is 1. The highest BCUT2D eigenvalue weighted by Gasteiger charge is 2.40. The Labute approximate surface area is 115 Å². The van der Waals surface area contributed by atoms with E-state index in [-0.39, 0.29) is 42.1 Å². The Hall–Kier alpha value is -0.330. The molecule has 0 aromatic rings. The van der Waals surface area contributed by atoms with Gasteiger partial charge in [-0.3, -0.25) is 4.79 Å². The van der Waals surface area contributed by atoms with Crippen LogP contribution in [0.4, 0.5) is 0 Å². The fraction of sp³-hybridized carbons (Fsp3) is 0.909. The maximum atomic E-state index is 12.2. The molecule has 0 spiro atoms. The van der Waals surface area contributed by atoms with Gasteiger partial charge in [-0.15, -0.1) is 12.4 Å². The first-order valence-electron chi connectivity index (χ1n) is 6.09. The molecule has 2 aliphatic rings. The van der Waals surface area contributed by atoms with Crippen molar-refractivity contribution in [3.8, 4) is 0 Å². The molecule has 106 valence electrons. The lowest BCUT2D eigenvalue weighted by Crippen LogP contribution is -2.55. The van der Waals surface area contributed by atoms with Gasteiger partial charge in [-0.25, -0.2) is 8.42 Å². The van der Waals surface area contributed by atoms with E-state index in [0.29, 0.717) is 0 Å². The molecule has 1 heterocycles. The maximum absolute atomic E-state index is 12.2. The van der Waals surface area contributed by atoms with Crippen molar-refractivity contribution in [3.63, 3.8) is 0 Å². The molecule has 1 aliphatic carbocycles. The van der Waals surface area contributed by atoms with E-state index in [2.05, 4.69) is 5.32 Å². The lowest BCUT2D eigenvalue weighted by molar-refractivity contribution is -0.139. The summed E-state index contributed by atoms with van der Waals surface area (Å²) in [4.78, 5) is 14.0. The van der Waals surface area contributed by atoms with Gasteiger partial charge >= 0.3 is 0 Å². The number of amides is 1. The van der Waals surface area contributed by atoms with Crippen LogP contribution in [0.5, 0.6) is 0 Å². The van der Waals surface area contributed by atoms with Crippen molar-refractivity contribution in [3.05, 3.63) is 0 Å². The topological polar surface area (TPSA) is 66.5 Å². The Morgan fingerprint density at radius 2 is 1.94 bits per heavy atom. The van der Waals surface area contributed by atoms with Crippen LogP contribution in [0, 0.1) is 5.92 Å². The lowest BCUT2D eigenvalue weighted by atomic mass is 10.0. The summed E-state index contributed by atoms with van der Waals surface area (Å²) in [6.07, 6.45) is 3.25. The Morgan fingerprint density at radius 1 is 1.39 bits per heavy atom. The van der Waals surface area contributed by atoms with Crippen LogP contribution in [0.15, 0.2) is 0 Å². The lowest BCUT2D eigenvalue weighted by Gasteiger charge is -2.36. The molecule has 0 aromatic carbocycles. The standard InChI is InChI=1S/C11H20N2O3S.ClH/c1-8(7-17(2,15)16)13(10-3-4-10)11(14)9-5-12-6-9;/h8-10,12H,3-7H2,1-2H3;1H. The molecule has 1 N–H and O–H groups in total. The average Bonchev–Trinajstić information content (AvgIpc) is 2.80. The summed E-state index contributed by atoms with van der Waals surface area (Å²) in [5, 5.41) is 3.08. The number of sulfone groups is 1. The van der Waals surface area contributed by atoms with Gasteiger partial charge in [0, 0.05) is 31.4 Å². The van der Waals surface area contributed by atoms with Crippen molar-refractivity contribution in [2.75, 3.05) is 25.1 Å². The first-order chi connectivity index (χ1) is 7.88. The van der Waals surface area contributed by atoms with Crippen molar-refractivity contribution in [1.29, 1.82) is 0 Å². The quantitative estimate of drug-likeness (QED) is 0.779. The van der Waals surface area contributed by atoms with Crippen molar-refractivity contribution in [2.24, 2.45) is 5.92 Å². The van der Waals surface area contributed by atoms with E-state index in [0.717, 1.165) is 25.9 Å². The van der Waals surface area contributed by atoms with Gasteiger partial charge in [0.25, 0.3) is 0 Å². The summed E-state index contributed by atoms with van der Waals surface area (Å²) in [6.45, 7) is 3.30. The summed E-state index contributed by atoms with van der Waals surface area (Å²) < 4.78 is 22.6. The number of hydrogen-bond acceptors (Lipinski definition) is 4. The summed E-state index contributed by atoms with van der Waals surface area (Å²) in [7, 11) is -3.03. The predicted molar refractivity (Wildman–Crippen MR) is 72.6 cm³/mol. The number of nitrogens with one attached hydrogen (secondary N) is 1. The number of carbonyl (C=O) groups is 1. The van der Waals surface area contributed by atoms with Crippen LogP contribution in [-0.4, -0.2) is 56.4 Å². The zero-order valence-corrected chi connectivity index (χ0v) is 12.4. The highest BCUT2D eigenvalue weighted by atomic mass is 35.5. The Kier molecular flexibility index (Phi) is 5.03. The van der Waals surface area contributed by atoms with Crippen molar-refractivity contribution in [1.82, 2.24) is 10.2 Å². The van der Waals surface area contributed by atoms with Gasteiger partial charge in [-0.1, -0.05) is 0 Å². The van der Waals surface area contributed by atoms with Gasteiger partial charge in [0.2, 0.25) is 5.91 Å². The van der Waals surface area contributed by atoms with Gasteiger partial charge in [-0.05, 0) is 19.8 Å². The van der Waals surface area contributed by atoms with Crippen LogP contribution in [-0.2, 0) is 14.6 Å². The Balaban J connectivity index is 0.00000162. The van der Waals surface area contributed by atoms with E-state index >= 15 is 0 Å². The molecule has 2 fully saturated rings. The molecule has 2 rings (SSSR count). The minimum atomic E-state index is -3.03. The van der Waals surface area contributed by atoms with Gasteiger partial charge < -0.3 is 10.2 Å². The number of carbonyl (C=O) groups excluding carboxylic acids is 1. The van der Waals surface area contributed by atoms with E-state index in [1.54, 1.807) is 0 Å². The normalized spacial score (nSPS) is 21.7. The van der Waals surface area contributed by atoms with E-state index < -0.39 is 9.84 Å². The van der Waals surface area contributed by atoms with E-state index in [1.807, 2.05) is 11.8 Å². The molecule has 5 nitrogen and oxygen atoms in total. The van der Waals surface area contributed by atoms with Crippen LogP contribution in [0.25, 0.3) is 0 Å². The molecule has 1 saturated heterocycles. The molecule has 7 heteroatoms. The first kappa shape index (κ1) is 15.7. The minimum Gasteiger partial charge on any atom is -0.336 e. The highest BCUT2D eigenvalue weighted by Crippen LogP contribution is 2.30. The Morgan fingerprint density at radius 3 is 2.28 bits per heavy atom. The van der Waals surface area contributed by atoms with Gasteiger partial charge in [-0.2, -0.15) is 0 Å². The van der Waals surface area contributed by atoms with Gasteiger partial charge in [0.15, 0.2) is 0 Å². The largest absolute Gasteiger partial charge is 0.336 e. The Bertz CT molecular complexity index is 405. The van der Waals surface area contributed by atoms with Crippen LogP contribution < -0.4 is 5.32 Å². The van der Waals surface area contributed by atoms with Crippen molar-refractivity contribution < 1.29 is 13.2 Å². The number of halogens is 1.